The Labute approximate surface area is 110 Å². The Morgan fingerprint density at radius 3 is 2.94 bits per heavy atom. The van der Waals surface area contributed by atoms with Gasteiger partial charge in [-0.05, 0) is 18.7 Å². The number of aromatic nitrogens is 2. The molecule has 0 saturated carbocycles. The highest BCUT2D eigenvalue weighted by Crippen LogP contribution is 2.09. The Hall–Kier alpha value is -1.66. The third-order valence-electron chi connectivity index (χ3n) is 2.46. The third kappa shape index (κ3) is 3.41. The molecule has 3 N–H and O–H groups in total. The first-order chi connectivity index (χ1) is 8.79. The number of thiazole rings is 1. The molecule has 2 heterocycles. The van der Waals surface area contributed by atoms with Crippen molar-refractivity contribution in [1.29, 1.82) is 0 Å². The summed E-state index contributed by atoms with van der Waals surface area (Å²) in [6.07, 6.45) is 4.66. The van der Waals surface area contributed by atoms with Crippen molar-refractivity contribution in [3.05, 3.63) is 40.6 Å². The molecule has 0 fully saturated rings. The van der Waals surface area contributed by atoms with Crippen LogP contribution in [-0.2, 0) is 13.0 Å². The molecule has 0 aliphatic rings. The van der Waals surface area contributed by atoms with E-state index in [1.165, 1.54) is 11.3 Å². The number of rotatable bonds is 6. The predicted octanol–water partition coefficient (Wildman–Crippen LogP) is 0.876. The van der Waals surface area contributed by atoms with Gasteiger partial charge in [0.05, 0.1) is 5.01 Å². The Morgan fingerprint density at radius 1 is 1.44 bits per heavy atom. The van der Waals surface area contributed by atoms with E-state index in [2.05, 4.69) is 10.3 Å². The van der Waals surface area contributed by atoms with E-state index in [4.69, 9.17) is 5.73 Å². The highest BCUT2D eigenvalue weighted by Gasteiger charge is 2.09. The summed E-state index contributed by atoms with van der Waals surface area (Å²) in [5.74, 6) is -0.123. The second-order valence-corrected chi connectivity index (χ2v) is 4.78. The lowest BCUT2D eigenvalue weighted by atomic mass is 10.4. The van der Waals surface area contributed by atoms with E-state index in [1.54, 1.807) is 5.38 Å². The first kappa shape index (κ1) is 12.8. The number of amides is 1. The minimum absolute atomic E-state index is 0.123. The number of nitrogens with two attached hydrogens (primary N) is 1. The number of hydrogen-bond donors (Lipinski definition) is 2. The number of hydrogen-bond acceptors (Lipinski definition) is 4. The number of carbonyl (C=O) groups excluding carboxylic acids is 1. The third-order valence-corrected chi connectivity index (χ3v) is 3.37. The Bertz CT molecular complexity index is 492. The molecule has 0 spiro atoms. The van der Waals surface area contributed by atoms with Gasteiger partial charge >= 0.3 is 0 Å². The molecule has 0 radical (unpaired) electrons. The molecule has 2 aromatic rings. The first-order valence-electron chi connectivity index (χ1n) is 5.83. The van der Waals surface area contributed by atoms with Crippen LogP contribution in [-0.4, -0.2) is 28.5 Å². The Kier molecular flexibility index (Phi) is 4.49. The normalized spacial score (nSPS) is 10.5. The number of nitrogens with zero attached hydrogens (tertiary/aromatic N) is 2. The van der Waals surface area contributed by atoms with E-state index in [0.29, 0.717) is 18.8 Å². The molecule has 0 saturated heterocycles. The molecule has 5 nitrogen and oxygen atoms in total. The van der Waals surface area contributed by atoms with Crippen molar-refractivity contribution >= 4 is 17.2 Å². The standard InChI is InChI=1S/C12H16N4OS/c13-4-3-11-15-10(9-18-11)12(17)14-5-8-16-6-1-2-7-16/h1-2,6-7,9H,3-5,8,13H2,(H,14,17). The second-order valence-electron chi connectivity index (χ2n) is 3.84. The highest BCUT2D eigenvalue weighted by molar-refractivity contribution is 7.09. The molecule has 18 heavy (non-hydrogen) atoms. The maximum absolute atomic E-state index is 11.8. The van der Waals surface area contributed by atoms with Gasteiger partial charge in [-0.25, -0.2) is 4.98 Å². The van der Waals surface area contributed by atoms with Crippen LogP contribution >= 0.6 is 11.3 Å². The lowest BCUT2D eigenvalue weighted by Gasteiger charge is -2.04. The van der Waals surface area contributed by atoms with Crippen LogP contribution in [0, 0.1) is 0 Å². The van der Waals surface area contributed by atoms with Crippen molar-refractivity contribution in [2.24, 2.45) is 5.73 Å². The summed E-state index contributed by atoms with van der Waals surface area (Å²) in [7, 11) is 0. The second kappa shape index (κ2) is 6.32. The van der Waals surface area contributed by atoms with Crippen molar-refractivity contribution in [1.82, 2.24) is 14.9 Å². The summed E-state index contributed by atoms with van der Waals surface area (Å²) in [6.45, 7) is 1.91. The fourth-order valence-corrected chi connectivity index (χ4v) is 2.36. The molecule has 96 valence electrons. The monoisotopic (exact) mass is 264 g/mol. The quantitative estimate of drug-likeness (QED) is 0.813. The van der Waals surface area contributed by atoms with E-state index in [1.807, 2.05) is 29.1 Å². The summed E-state index contributed by atoms with van der Waals surface area (Å²) in [5, 5.41) is 5.53. The molecule has 6 heteroatoms. The van der Waals surface area contributed by atoms with Crippen molar-refractivity contribution < 1.29 is 4.79 Å². The fourth-order valence-electron chi connectivity index (χ4n) is 1.56. The van der Waals surface area contributed by atoms with E-state index in [9.17, 15) is 4.79 Å². The van der Waals surface area contributed by atoms with Crippen LogP contribution in [0.25, 0.3) is 0 Å². The molecule has 2 aromatic heterocycles. The summed E-state index contributed by atoms with van der Waals surface area (Å²) in [6, 6.07) is 3.92. The molecule has 0 aliphatic heterocycles. The molecule has 1 amide bonds. The van der Waals surface area contributed by atoms with Crippen molar-refractivity contribution in [2.75, 3.05) is 13.1 Å². The molecule has 0 bridgehead atoms. The Balaban J connectivity index is 1.80. The molecular weight excluding hydrogens is 248 g/mol. The van der Waals surface area contributed by atoms with Crippen LogP contribution < -0.4 is 11.1 Å². The van der Waals surface area contributed by atoms with Crippen LogP contribution in [0.15, 0.2) is 29.9 Å². The van der Waals surface area contributed by atoms with Crippen LogP contribution in [0.3, 0.4) is 0 Å². The average molecular weight is 264 g/mol. The fraction of sp³-hybridized carbons (Fsp3) is 0.333. The highest BCUT2D eigenvalue weighted by atomic mass is 32.1. The van der Waals surface area contributed by atoms with Crippen LogP contribution in [0.5, 0.6) is 0 Å². The van der Waals surface area contributed by atoms with Gasteiger partial charge in [0.1, 0.15) is 5.69 Å². The van der Waals surface area contributed by atoms with Crippen molar-refractivity contribution in [2.45, 2.75) is 13.0 Å². The van der Waals surface area contributed by atoms with Crippen LogP contribution in [0.1, 0.15) is 15.5 Å². The van der Waals surface area contributed by atoms with Gasteiger partial charge in [-0.1, -0.05) is 0 Å². The smallest absolute Gasteiger partial charge is 0.270 e. The molecule has 0 unspecified atom stereocenters. The molecule has 0 aliphatic carbocycles. The van der Waals surface area contributed by atoms with Crippen LogP contribution in [0.2, 0.25) is 0 Å². The van der Waals surface area contributed by atoms with Crippen molar-refractivity contribution in [3.63, 3.8) is 0 Å². The minimum Gasteiger partial charge on any atom is -0.353 e. The SMILES string of the molecule is NCCc1nc(C(=O)NCCn2cccc2)cs1. The largest absolute Gasteiger partial charge is 0.353 e. The van der Waals surface area contributed by atoms with E-state index >= 15 is 0 Å². The van der Waals surface area contributed by atoms with Gasteiger partial charge in [-0.3, -0.25) is 4.79 Å². The lowest BCUT2D eigenvalue weighted by molar-refractivity contribution is 0.0948. The maximum atomic E-state index is 11.8. The minimum atomic E-state index is -0.123. The molecule has 2 rings (SSSR count). The van der Waals surface area contributed by atoms with E-state index in [-0.39, 0.29) is 5.91 Å². The summed E-state index contributed by atoms with van der Waals surface area (Å²) >= 11 is 1.48. The summed E-state index contributed by atoms with van der Waals surface area (Å²) < 4.78 is 2.02. The van der Waals surface area contributed by atoms with E-state index < -0.39 is 0 Å². The molecule has 0 aromatic carbocycles. The topological polar surface area (TPSA) is 72.9 Å². The number of nitrogens with one attached hydrogen (secondary N) is 1. The average Bonchev–Trinajstić information content (AvgIpc) is 3.00. The van der Waals surface area contributed by atoms with Gasteiger partial charge < -0.3 is 15.6 Å². The van der Waals surface area contributed by atoms with Gasteiger partial charge in [0.25, 0.3) is 5.91 Å². The van der Waals surface area contributed by atoms with Gasteiger partial charge in [0.2, 0.25) is 0 Å². The van der Waals surface area contributed by atoms with Gasteiger partial charge in [0, 0.05) is 37.3 Å². The predicted molar refractivity (Wildman–Crippen MR) is 71.6 cm³/mol. The van der Waals surface area contributed by atoms with Crippen molar-refractivity contribution in [3.8, 4) is 0 Å². The van der Waals surface area contributed by atoms with Gasteiger partial charge in [-0.2, -0.15) is 0 Å². The molecular formula is C12H16N4OS. The van der Waals surface area contributed by atoms with Crippen LogP contribution in [0.4, 0.5) is 0 Å². The zero-order valence-corrected chi connectivity index (χ0v) is 10.8. The summed E-state index contributed by atoms with van der Waals surface area (Å²) in [4.78, 5) is 16.0. The zero-order chi connectivity index (χ0) is 12.8. The first-order valence-corrected chi connectivity index (χ1v) is 6.71. The zero-order valence-electron chi connectivity index (χ0n) is 10.0. The summed E-state index contributed by atoms with van der Waals surface area (Å²) in [5.41, 5.74) is 5.93. The number of carbonyl (C=O) groups is 1. The Morgan fingerprint density at radius 2 is 2.22 bits per heavy atom. The lowest BCUT2D eigenvalue weighted by Crippen LogP contribution is -2.27. The molecule has 0 atom stereocenters. The van der Waals surface area contributed by atoms with Gasteiger partial charge in [-0.15, -0.1) is 11.3 Å². The maximum Gasteiger partial charge on any atom is 0.270 e. The van der Waals surface area contributed by atoms with E-state index in [0.717, 1.165) is 18.0 Å². The van der Waals surface area contributed by atoms with Gasteiger partial charge in [0.15, 0.2) is 0 Å².